The maximum Gasteiger partial charge on any atom is 0.238 e. The van der Waals surface area contributed by atoms with Crippen LogP contribution in [-0.2, 0) is 9.59 Å². The predicted molar refractivity (Wildman–Crippen MR) is 81.7 cm³/mol. The minimum atomic E-state index is -0.214. The lowest BCUT2D eigenvalue weighted by Gasteiger charge is -2.18. The van der Waals surface area contributed by atoms with E-state index in [9.17, 15) is 9.59 Å². The molecule has 0 N–H and O–H groups in total. The summed E-state index contributed by atoms with van der Waals surface area (Å²) >= 11 is 9.45. The molecule has 3 rings (SSSR count). The summed E-state index contributed by atoms with van der Waals surface area (Å²) in [4.78, 5) is 26.3. The molecule has 0 aromatic heterocycles. The standard InChI is InChI=1S/C15H13BrClNO2/c1-8-6-11(16)12(17)7-13(8)18-14(19)9-4-2-3-5-10(9)15(18)20/h2-3,6-7,9-10H,4-5H2,1H3/t9-,10-/m0/s1. The van der Waals surface area contributed by atoms with Crippen molar-refractivity contribution in [3.8, 4) is 0 Å². The van der Waals surface area contributed by atoms with Crippen molar-refractivity contribution >= 4 is 45.0 Å². The summed E-state index contributed by atoms with van der Waals surface area (Å²) in [6.07, 6.45) is 5.26. The summed E-state index contributed by atoms with van der Waals surface area (Å²) in [6.45, 7) is 1.87. The van der Waals surface area contributed by atoms with Gasteiger partial charge in [0.05, 0.1) is 22.5 Å². The van der Waals surface area contributed by atoms with E-state index in [2.05, 4.69) is 15.9 Å². The average Bonchev–Trinajstić information content (AvgIpc) is 2.68. The number of amides is 2. The van der Waals surface area contributed by atoms with Gasteiger partial charge in [-0.05, 0) is 53.4 Å². The highest BCUT2D eigenvalue weighted by molar-refractivity contribution is 9.10. The minimum Gasteiger partial charge on any atom is -0.274 e. The molecule has 20 heavy (non-hydrogen) atoms. The molecule has 0 bridgehead atoms. The molecule has 5 heteroatoms. The molecule has 1 aromatic rings. The van der Waals surface area contributed by atoms with Crippen LogP contribution in [0.3, 0.4) is 0 Å². The fourth-order valence-corrected chi connectivity index (χ4v) is 3.53. The fraction of sp³-hybridized carbons (Fsp3) is 0.333. The lowest BCUT2D eigenvalue weighted by atomic mass is 9.85. The molecule has 1 aromatic carbocycles. The quantitative estimate of drug-likeness (QED) is 0.567. The number of halogens is 2. The Bertz CT molecular complexity index is 615. The van der Waals surface area contributed by atoms with Gasteiger partial charge in [-0.3, -0.25) is 9.59 Å². The molecule has 0 saturated carbocycles. The zero-order valence-electron chi connectivity index (χ0n) is 10.9. The van der Waals surface area contributed by atoms with E-state index < -0.39 is 0 Å². The second-order valence-corrected chi connectivity index (χ2v) is 6.48. The van der Waals surface area contributed by atoms with Crippen LogP contribution >= 0.6 is 27.5 Å². The number of benzene rings is 1. The first-order valence-electron chi connectivity index (χ1n) is 6.49. The van der Waals surface area contributed by atoms with Gasteiger partial charge in [0.25, 0.3) is 0 Å². The van der Waals surface area contributed by atoms with Gasteiger partial charge in [-0.15, -0.1) is 0 Å². The number of carbonyl (C=O) groups is 2. The molecule has 2 aliphatic rings. The number of aryl methyl sites for hydroxylation is 1. The van der Waals surface area contributed by atoms with Gasteiger partial charge in [-0.2, -0.15) is 0 Å². The van der Waals surface area contributed by atoms with E-state index in [4.69, 9.17) is 11.6 Å². The second-order valence-electron chi connectivity index (χ2n) is 5.22. The zero-order chi connectivity index (χ0) is 14.4. The molecule has 104 valence electrons. The molecule has 0 unspecified atom stereocenters. The average molecular weight is 355 g/mol. The molecule has 3 nitrogen and oxygen atoms in total. The maximum absolute atomic E-state index is 12.5. The van der Waals surface area contributed by atoms with Gasteiger partial charge in [0.1, 0.15) is 0 Å². The van der Waals surface area contributed by atoms with Crippen LogP contribution in [0.2, 0.25) is 5.02 Å². The highest BCUT2D eigenvalue weighted by Crippen LogP contribution is 2.40. The Morgan fingerprint density at radius 3 is 2.25 bits per heavy atom. The number of anilines is 1. The van der Waals surface area contributed by atoms with Gasteiger partial charge in [-0.25, -0.2) is 4.90 Å². The summed E-state index contributed by atoms with van der Waals surface area (Å²) < 4.78 is 0.763. The normalized spacial score (nSPS) is 25.2. The third-order valence-electron chi connectivity index (χ3n) is 3.99. The third-order valence-corrected chi connectivity index (χ3v) is 5.18. The molecular formula is C15H13BrClNO2. The summed E-state index contributed by atoms with van der Waals surface area (Å²) in [6, 6.07) is 3.51. The minimum absolute atomic E-state index is 0.106. The predicted octanol–water partition coefficient (Wildman–Crippen LogP) is 3.87. The van der Waals surface area contributed by atoms with Crippen LogP contribution in [0.25, 0.3) is 0 Å². The molecule has 1 fully saturated rings. The first-order chi connectivity index (χ1) is 9.50. The SMILES string of the molecule is Cc1cc(Br)c(Cl)cc1N1C(=O)[C@H]2CC=CC[C@@H]2C1=O. The Balaban J connectivity index is 2.05. The van der Waals surface area contributed by atoms with Crippen LogP contribution < -0.4 is 4.90 Å². The molecule has 1 aliphatic carbocycles. The number of imide groups is 1. The summed E-state index contributed by atoms with van der Waals surface area (Å²) in [5.41, 5.74) is 1.46. The van der Waals surface area contributed by atoms with E-state index in [0.717, 1.165) is 10.0 Å². The van der Waals surface area contributed by atoms with Gasteiger partial charge in [0.2, 0.25) is 11.8 Å². The van der Waals surface area contributed by atoms with E-state index in [0.29, 0.717) is 23.6 Å². The Hall–Kier alpha value is -1.13. The van der Waals surface area contributed by atoms with E-state index in [1.54, 1.807) is 6.07 Å². The number of allylic oxidation sites excluding steroid dienone is 2. The molecule has 0 spiro atoms. The van der Waals surface area contributed by atoms with Crippen molar-refractivity contribution in [2.75, 3.05) is 4.90 Å². The van der Waals surface area contributed by atoms with E-state index in [-0.39, 0.29) is 23.7 Å². The molecular weight excluding hydrogens is 342 g/mol. The van der Waals surface area contributed by atoms with Gasteiger partial charge < -0.3 is 0 Å². The van der Waals surface area contributed by atoms with Gasteiger partial charge >= 0.3 is 0 Å². The van der Waals surface area contributed by atoms with Gasteiger partial charge in [-0.1, -0.05) is 23.8 Å². The topological polar surface area (TPSA) is 37.4 Å². The Morgan fingerprint density at radius 2 is 1.70 bits per heavy atom. The molecule has 0 radical (unpaired) electrons. The van der Waals surface area contributed by atoms with Crippen LogP contribution in [0, 0.1) is 18.8 Å². The van der Waals surface area contributed by atoms with E-state index >= 15 is 0 Å². The van der Waals surface area contributed by atoms with Crippen LogP contribution in [0.4, 0.5) is 5.69 Å². The Kier molecular flexibility index (Phi) is 3.46. The van der Waals surface area contributed by atoms with Crippen molar-refractivity contribution < 1.29 is 9.59 Å². The number of carbonyl (C=O) groups excluding carboxylic acids is 2. The number of nitrogens with zero attached hydrogens (tertiary/aromatic N) is 1. The van der Waals surface area contributed by atoms with Gasteiger partial charge in [0.15, 0.2) is 0 Å². The van der Waals surface area contributed by atoms with Crippen molar-refractivity contribution in [1.82, 2.24) is 0 Å². The zero-order valence-corrected chi connectivity index (χ0v) is 13.2. The van der Waals surface area contributed by atoms with Crippen molar-refractivity contribution in [2.24, 2.45) is 11.8 Å². The highest BCUT2D eigenvalue weighted by Gasteiger charge is 2.48. The van der Waals surface area contributed by atoms with Crippen LogP contribution in [-0.4, -0.2) is 11.8 Å². The lowest BCUT2D eigenvalue weighted by molar-refractivity contribution is -0.122. The molecule has 2 atom stereocenters. The largest absolute Gasteiger partial charge is 0.274 e. The summed E-state index contributed by atoms with van der Waals surface area (Å²) in [5, 5.41) is 0.499. The molecule has 1 heterocycles. The van der Waals surface area contributed by atoms with Crippen molar-refractivity contribution in [3.63, 3.8) is 0 Å². The highest BCUT2D eigenvalue weighted by atomic mass is 79.9. The molecule has 1 aliphatic heterocycles. The van der Waals surface area contributed by atoms with Crippen molar-refractivity contribution in [2.45, 2.75) is 19.8 Å². The van der Waals surface area contributed by atoms with Crippen LogP contribution in [0.15, 0.2) is 28.8 Å². The smallest absolute Gasteiger partial charge is 0.238 e. The number of rotatable bonds is 1. The first-order valence-corrected chi connectivity index (χ1v) is 7.66. The third kappa shape index (κ3) is 2.02. The fourth-order valence-electron chi connectivity index (χ4n) is 2.91. The van der Waals surface area contributed by atoms with Crippen molar-refractivity contribution in [3.05, 3.63) is 39.3 Å². The molecule has 1 saturated heterocycles. The Morgan fingerprint density at radius 1 is 1.15 bits per heavy atom. The lowest BCUT2D eigenvalue weighted by Crippen LogP contribution is -2.31. The van der Waals surface area contributed by atoms with Crippen molar-refractivity contribution in [1.29, 1.82) is 0 Å². The number of hydrogen-bond donors (Lipinski definition) is 0. The number of hydrogen-bond acceptors (Lipinski definition) is 2. The molecule has 2 amide bonds. The maximum atomic E-state index is 12.5. The Labute approximate surface area is 130 Å². The van der Waals surface area contributed by atoms with Crippen LogP contribution in [0.1, 0.15) is 18.4 Å². The monoisotopic (exact) mass is 353 g/mol. The van der Waals surface area contributed by atoms with E-state index in [1.165, 1.54) is 4.90 Å². The number of fused-ring (bicyclic) bond motifs is 1. The first kappa shape index (κ1) is 13.8. The van der Waals surface area contributed by atoms with Gasteiger partial charge in [0, 0.05) is 4.47 Å². The van der Waals surface area contributed by atoms with E-state index in [1.807, 2.05) is 25.1 Å². The van der Waals surface area contributed by atoms with Crippen LogP contribution in [0.5, 0.6) is 0 Å². The second kappa shape index (κ2) is 5.01. The summed E-state index contributed by atoms with van der Waals surface area (Å²) in [7, 11) is 0. The summed E-state index contributed by atoms with van der Waals surface area (Å²) in [5.74, 6) is -0.639.